The molecule has 0 aliphatic carbocycles. The predicted molar refractivity (Wildman–Crippen MR) is 203 cm³/mol. The lowest BCUT2D eigenvalue weighted by Gasteiger charge is -2.22. The number of carbonyl (C=O) groups is 4. The van der Waals surface area contributed by atoms with Gasteiger partial charge in [-0.3, -0.25) is 14.4 Å². The molecule has 4 heterocycles. The first-order chi connectivity index (χ1) is 25.8. The zero-order valence-electron chi connectivity index (χ0n) is 29.3. The van der Waals surface area contributed by atoms with Crippen molar-refractivity contribution in [1.82, 2.24) is 15.3 Å². The molecule has 0 unspecified atom stereocenters. The van der Waals surface area contributed by atoms with E-state index < -0.39 is 17.8 Å². The molecule has 0 bridgehead atoms. The Balaban J connectivity index is 1.36. The minimum atomic E-state index is -0.766. The van der Waals surface area contributed by atoms with Crippen LogP contribution in [0.3, 0.4) is 0 Å². The Kier molecular flexibility index (Phi) is 10.0. The van der Waals surface area contributed by atoms with Gasteiger partial charge in [-0.15, -0.1) is 0 Å². The molecule has 2 amide bonds. The maximum Gasteiger partial charge on any atom is 0.357 e. The summed E-state index contributed by atoms with van der Waals surface area (Å²) in [6.07, 6.45) is 2.66. The van der Waals surface area contributed by atoms with Crippen molar-refractivity contribution in [2.24, 2.45) is 0 Å². The third kappa shape index (κ3) is 7.01. The van der Waals surface area contributed by atoms with Crippen LogP contribution in [0.4, 0.5) is 5.69 Å². The highest BCUT2D eigenvalue weighted by atomic mass is 32.1. The lowest BCUT2D eigenvalue weighted by atomic mass is 9.91. The minimum absolute atomic E-state index is 0.0420. The fraction of sp³-hybridized carbons (Fsp3) is 0.195. The molecule has 3 aromatic carbocycles. The highest BCUT2D eigenvalue weighted by Crippen LogP contribution is 2.44. The molecule has 268 valence electrons. The molecular formula is C41H36N4O7S. The first kappa shape index (κ1) is 35.1. The molecular weight excluding hydrogens is 693 g/mol. The number of aromatic amines is 1. The smallest absolute Gasteiger partial charge is 0.357 e. The monoisotopic (exact) mass is 728 g/mol. The highest BCUT2D eigenvalue weighted by Gasteiger charge is 2.28. The normalized spacial score (nSPS) is 11.6. The Morgan fingerprint density at radius 1 is 0.925 bits per heavy atom. The van der Waals surface area contributed by atoms with E-state index in [4.69, 9.17) is 14.2 Å². The van der Waals surface area contributed by atoms with Gasteiger partial charge in [0.05, 0.1) is 20.1 Å². The molecule has 0 saturated carbocycles. The average Bonchev–Trinajstić information content (AvgIpc) is 3.86. The summed E-state index contributed by atoms with van der Waals surface area (Å²) >= 11 is 1.54. The molecule has 6 aromatic rings. The third-order valence-corrected chi connectivity index (χ3v) is 9.76. The predicted octanol–water partition coefficient (Wildman–Crippen LogP) is 7.80. The van der Waals surface area contributed by atoms with E-state index in [1.165, 1.54) is 13.2 Å². The van der Waals surface area contributed by atoms with E-state index in [1.54, 1.807) is 36.5 Å². The fourth-order valence-electron chi connectivity index (χ4n) is 6.49. The second kappa shape index (κ2) is 15.1. The molecule has 0 saturated heterocycles. The number of methoxy groups -OCH3 is 1. The number of fused-ring (bicyclic) bond motifs is 4. The van der Waals surface area contributed by atoms with Gasteiger partial charge in [0.25, 0.3) is 11.8 Å². The van der Waals surface area contributed by atoms with Gasteiger partial charge in [0.2, 0.25) is 0 Å². The SMILES string of the molecule is CCCNC(=O)c1ccc(-c2cc3c(cc2C(=O)Nc2ccc4[nH]ccc4c2-c2cccc(CC(=O)OCC)c2)-c2cscc2CO3)c(C(=O)OC)n1. The quantitative estimate of drug-likeness (QED) is 0.115. The summed E-state index contributed by atoms with van der Waals surface area (Å²) in [5.41, 5.74) is 7.24. The number of thiophene rings is 1. The van der Waals surface area contributed by atoms with Crippen LogP contribution in [0.2, 0.25) is 0 Å². The van der Waals surface area contributed by atoms with Crippen molar-refractivity contribution >= 4 is 51.7 Å². The molecule has 53 heavy (non-hydrogen) atoms. The van der Waals surface area contributed by atoms with Crippen molar-refractivity contribution in [2.45, 2.75) is 33.3 Å². The number of nitrogens with zero attached hydrogens (tertiary/aromatic N) is 1. The number of pyridine rings is 1. The van der Waals surface area contributed by atoms with Gasteiger partial charge >= 0.3 is 11.9 Å². The minimum Gasteiger partial charge on any atom is -0.488 e. The third-order valence-electron chi connectivity index (χ3n) is 8.96. The molecule has 11 nitrogen and oxygen atoms in total. The van der Waals surface area contributed by atoms with Crippen LogP contribution in [0.25, 0.3) is 44.3 Å². The molecule has 1 aliphatic heterocycles. The molecule has 0 fully saturated rings. The van der Waals surface area contributed by atoms with Crippen molar-refractivity contribution in [1.29, 1.82) is 0 Å². The van der Waals surface area contributed by atoms with Crippen LogP contribution >= 0.6 is 11.3 Å². The summed E-state index contributed by atoms with van der Waals surface area (Å²) in [5, 5.41) is 10.8. The highest BCUT2D eigenvalue weighted by molar-refractivity contribution is 7.08. The van der Waals surface area contributed by atoms with Crippen LogP contribution in [0.1, 0.15) is 62.7 Å². The van der Waals surface area contributed by atoms with Crippen molar-refractivity contribution in [2.75, 3.05) is 25.6 Å². The van der Waals surface area contributed by atoms with E-state index >= 15 is 0 Å². The van der Waals surface area contributed by atoms with Crippen LogP contribution in [0, 0.1) is 0 Å². The van der Waals surface area contributed by atoms with E-state index in [9.17, 15) is 19.2 Å². The van der Waals surface area contributed by atoms with Crippen molar-refractivity contribution in [3.05, 3.63) is 112 Å². The Hall–Kier alpha value is -6.27. The van der Waals surface area contributed by atoms with Crippen LogP contribution < -0.4 is 15.4 Å². The number of anilines is 1. The summed E-state index contributed by atoms with van der Waals surface area (Å²) in [6, 6.07) is 19.9. The lowest BCUT2D eigenvalue weighted by Crippen LogP contribution is -2.26. The van der Waals surface area contributed by atoms with E-state index in [0.29, 0.717) is 35.7 Å². The number of ether oxygens (including phenoxy) is 3. The van der Waals surface area contributed by atoms with Crippen molar-refractivity contribution < 1.29 is 33.4 Å². The van der Waals surface area contributed by atoms with Crippen LogP contribution in [0.5, 0.6) is 5.75 Å². The molecule has 3 N–H and O–H groups in total. The van der Waals surface area contributed by atoms with Gasteiger partial charge in [-0.1, -0.05) is 31.2 Å². The van der Waals surface area contributed by atoms with Gasteiger partial charge in [0.15, 0.2) is 5.69 Å². The number of aromatic nitrogens is 2. The molecule has 1 aliphatic rings. The van der Waals surface area contributed by atoms with Gasteiger partial charge in [-0.2, -0.15) is 11.3 Å². The van der Waals surface area contributed by atoms with Gasteiger partial charge in [-0.05, 0) is 77.7 Å². The van der Waals surface area contributed by atoms with E-state index in [1.807, 2.05) is 66.3 Å². The standard InChI is InChI=1S/C41H36N4O7S/c1-4-14-43-40(48)34-10-9-26(38(44-34)41(49)50-3)28-19-35-29(31-22-53-21-25(31)20-52-35)18-30(28)39(47)45-33-12-11-32-27(13-15-42-32)37(33)24-8-6-7-23(16-24)17-36(46)51-5-2/h6-13,15-16,18-19,21-22,42H,4-5,14,17,20H2,1-3H3,(H,43,48)(H,45,47). The second-order valence-corrected chi connectivity index (χ2v) is 13.1. The average molecular weight is 729 g/mol. The van der Waals surface area contributed by atoms with Gasteiger partial charge in [0, 0.05) is 68.3 Å². The zero-order valence-corrected chi connectivity index (χ0v) is 30.1. The number of H-pyrrole nitrogens is 1. The summed E-state index contributed by atoms with van der Waals surface area (Å²) in [7, 11) is 1.24. The Bertz CT molecular complexity index is 2400. The summed E-state index contributed by atoms with van der Waals surface area (Å²) in [4.78, 5) is 60.8. The number of esters is 2. The number of benzene rings is 3. The molecule has 12 heteroatoms. The van der Waals surface area contributed by atoms with Crippen LogP contribution in [-0.2, 0) is 27.3 Å². The summed E-state index contributed by atoms with van der Waals surface area (Å²) in [5.74, 6) is -1.44. The largest absolute Gasteiger partial charge is 0.488 e. The fourth-order valence-corrected chi connectivity index (χ4v) is 7.33. The van der Waals surface area contributed by atoms with Crippen molar-refractivity contribution in [3.8, 4) is 39.1 Å². The molecule has 0 atom stereocenters. The Labute approximate surface area is 309 Å². The molecule has 0 spiro atoms. The zero-order chi connectivity index (χ0) is 37.1. The van der Waals surface area contributed by atoms with Crippen LogP contribution in [0.15, 0.2) is 83.7 Å². The van der Waals surface area contributed by atoms with Gasteiger partial charge in [0.1, 0.15) is 18.1 Å². The Morgan fingerprint density at radius 3 is 2.60 bits per heavy atom. The molecule has 3 aromatic heterocycles. The lowest BCUT2D eigenvalue weighted by molar-refractivity contribution is -0.142. The van der Waals surface area contributed by atoms with Crippen molar-refractivity contribution in [3.63, 3.8) is 0 Å². The van der Waals surface area contributed by atoms with E-state index in [0.717, 1.165) is 50.7 Å². The number of amides is 2. The number of hydrogen-bond donors (Lipinski definition) is 3. The van der Waals surface area contributed by atoms with E-state index in [-0.39, 0.29) is 35.9 Å². The Morgan fingerprint density at radius 2 is 1.79 bits per heavy atom. The summed E-state index contributed by atoms with van der Waals surface area (Å²) < 4.78 is 16.5. The maximum absolute atomic E-state index is 14.7. The topological polar surface area (TPSA) is 149 Å². The molecule has 7 rings (SSSR count). The molecule has 0 radical (unpaired) electrons. The van der Waals surface area contributed by atoms with E-state index in [2.05, 4.69) is 20.6 Å². The number of rotatable bonds is 11. The van der Waals surface area contributed by atoms with Crippen LogP contribution in [-0.4, -0.2) is 54.0 Å². The number of carbonyl (C=O) groups excluding carboxylic acids is 4. The van der Waals surface area contributed by atoms with Gasteiger partial charge < -0.3 is 29.8 Å². The first-order valence-electron chi connectivity index (χ1n) is 17.2. The number of nitrogens with one attached hydrogen (secondary N) is 3. The number of hydrogen-bond acceptors (Lipinski definition) is 9. The second-order valence-electron chi connectivity index (χ2n) is 12.4. The first-order valence-corrected chi connectivity index (χ1v) is 18.1. The van der Waals surface area contributed by atoms with Gasteiger partial charge in [-0.25, -0.2) is 9.78 Å². The summed E-state index contributed by atoms with van der Waals surface area (Å²) in [6.45, 7) is 4.79. The maximum atomic E-state index is 14.7.